The summed E-state index contributed by atoms with van der Waals surface area (Å²) in [6, 6.07) is 19.1. The zero-order valence-corrected chi connectivity index (χ0v) is 18.0. The molecule has 0 unspecified atom stereocenters. The van der Waals surface area contributed by atoms with Crippen LogP contribution in [-0.4, -0.2) is 38.5 Å². The van der Waals surface area contributed by atoms with E-state index in [9.17, 15) is 4.79 Å². The highest BCUT2D eigenvalue weighted by molar-refractivity contribution is 7.99. The second-order valence-corrected chi connectivity index (χ2v) is 7.67. The van der Waals surface area contributed by atoms with Crippen LogP contribution in [0.4, 0.5) is 5.69 Å². The lowest BCUT2D eigenvalue weighted by Gasteiger charge is -2.12. The van der Waals surface area contributed by atoms with E-state index in [2.05, 4.69) is 20.5 Å². The van der Waals surface area contributed by atoms with Gasteiger partial charge in [0.2, 0.25) is 5.91 Å². The Balaban J connectivity index is 1.62. The number of carbonyl (C=O) groups excluding carboxylic acids is 1. The fourth-order valence-electron chi connectivity index (χ4n) is 3.06. The Morgan fingerprint density at radius 1 is 1.06 bits per heavy atom. The number of carbonyl (C=O) groups is 1. The number of rotatable bonds is 7. The van der Waals surface area contributed by atoms with Crippen molar-refractivity contribution in [2.24, 2.45) is 0 Å². The molecule has 8 heteroatoms. The zero-order chi connectivity index (χ0) is 21.6. The molecule has 0 atom stereocenters. The van der Waals surface area contributed by atoms with Gasteiger partial charge in [0, 0.05) is 29.7 Å². The van der Waals surface area contributed by atoms with Crippen LogP contribution in [0.2, 0.25) is 0 Å². The van der Waals surface area contributed by atoms with Gasteiger partial charge in [-0.05, 0) is 42.8 Å². The summed E-state index contributed by atoms with van der Waals surface area (Å²) in [5, 5.41) is 12.3. The molecular formula is C23H21N5O2S. The number of anilines is 1. The van der Waals surface area contributed by atoms with E-state index in [1.807, 2.05) is 72.2 Å². The Morgan fingerprint density at radius 3 is 2.65 bits per heavy atom. The smallest absolute Gasteiger partial charge is 0.234 e. The summed E-state index contributed by atoms with van der Waals surface area (Å²) in [5.74, 6) is 1.48. The van der Waals surface area contributed by atoms with Crippen molar-refractivity contribution in [2.75, 3.05) is 18.2 Å². The maximum absolute atomic E-state index is 12.5. The molecule has 0 saturated heterocycles. The van der Waals surface area contributed by atoms with Crippen LogP contribution in [0.15, 0.2) is 78.2 Å². The van der Waals surface area contributed by atoms with Crippen molar-refractivity contribution < 1.29 is 9.53 Å². The minimum Gasteiger partial charge on any atom is -0.497 e. The van der Waals surface area contributed by atoms with Gasteiger partial charge in [-0.3, -0.25) is 14.3 Å². The van der Waals surface area contributed by atoms with Gasteiger partial charge < -0.3 is 10.1 Å². The second kappa shape index (κ2) is 9.44. The van der Waals surface area contributed by atoms with Crippen LogP contribution in [0.3, 0.4) is 0 Å². The largest absolute Gasteiger partial charge is 0.497 e. The predicted molar refractivity (Wildman–Crippen MR) is 122 cm³/mol. The summed E-state index contributed by atoms with van der Waals surface area (Å²) in [4.78, 5) is 16.6. The number of hydrogen-bond acceptors (Lipinski definition) is 6. The number of para-hydroxylation sites is 1. The molecule has 7 nitrogen and oxygen atoms in total. The predicted octanol–water partition coefficient (Wildman–Crippen LogP) is 4.38. The highest BCUT2D eigenvalue weighted by atomic mass is 32.2. The molecule has 0 spiro atoms. The topological polar surface area (TPSA) is 81.9 Å². The first kappa shape index (κ1) is 20.6. The molecule has 0 aliphatic carbocycles. The number of nitrogens with one attached hydrogen (secondary N) is 1. The summed E-state index contributed by atoms with van der Waals surface area (Å²) in [7, 11) is 1.63. The van der Waals surface area contributed by atoms with E-state index in [1.54, 1.807) is 19.5 Å². The molecule has 4 rings (SSSR count). The summed E-state index contributed by atoms with van der Waals surface area (Å²) < 4.78 is 7.30. The van der Waals surface area contributed by atoms with Crippen LogP contribution in [-0.2, 0) is 4.79 Å². The third-order valence-corrected chi connectivity index (χ3v) is 5.56. The van der Waals surface area contributed by atoms with Crippen molar-refractivity contribution in [3.8, 4) is 22.8 Å². The first-order valence-corrected chi connectivity index (χ1v) is 10.6. The number of benzene rings is 2. The molecule has 1 N–H and O–H groups in total. The van der Waals surface area contributed by atoms with Gasteiger partial charge in [-0.15, -0.1) is 10.2 Å². The molecule has 2 aromatic heterocycles. The van der Waals surface area contributed by atoms with Gasteiger partial charge in [0.25, 0.3) is 0 Å². The number of ether oxygens (including phenoxy) is 1. The van der Waals surface area contributed by atoms with E-state index in [1.165, 1.54) is 11.8 Å². The summed E-state index contributed by atoms with van der Waals surface area (Å²) in [6.07, 6.45) is 3.42. The molecule has 2 heterocycles. The van der Waals surface area contributed by atoms with Crippen LogP contribution in [0.5, 0.6) is 5.75 Å². The second-order valence-electron chi connectivity index (χ2n) is 6.73. The number of methoxy groups -OCH3 is 1. The van der Waals surface area contributed by atoms with Gasteiger partial charge >= 0.3 is 0 Å². The number of nitrogens with zero attached hydrogens (tertiary/aromatic N) is 4. The molecular weight excluding hydrogens is 410 g/mol. The molecule has 31 heavy (non-hydrogen) atoms. The van der Waals surface area contributed by atoms with Gasteiger partial charge in [-0.25, -0.2) is 0 Å². The fraction of sp³-hybridized carbons (Fsp3) is 0.130. The Morgan fingerprint density at radius 2 is 1.87 bits per heavy atom. The van der Waals surface area contributed by atoms with Gasteiger partial charge in [-0.1, -0.05) is 36.0 Å². The standard InChI is InChI=1S/C23H21N5O2S/c1-16-6-3-4-9-20(16)25-21(29)15-31-23-27-26-22(17-10-12-24-13-11-17)28(23)18-7-5-8-19(14-18)30-2/h3-14H,15H2,1-2H3,(H,25,29). The van der Waals surface area contributed by atoms with E-state index in [0.717, 1.165) is 28.3 Å². The van der Waals surface area contributed by atoms with Crippen LogP contribution >= 0.6 is 11.8 Å². The number of aromatic nitrogens is 4. The van der Waals surface area contributed by atoms with Crippen LogP contribution < -0.4 is 10.1 Å². The minimum absolute atomic E-state index is 0.107. The fourth-order valence-corrected chi connectivity index (χ4v) is 3.82. The van der Waals surface area contributed by atoms with Crippen molar-refractivity contribution in [2.45, 2.75) is 12.1 Å². The number of aryl methyl sites for hydroxylation is 1. The average molecular weight is 432 g/mol. The molecule has 2 aromatic carbocycles. The van der Waals surface area contributed by atoms with Crippen molar-refractivity contribution >= 4 is 23.4 Å². The van der Waals surface area contributed by atoms with Gasteiger partial charge in [0.1, 0.15) is 5.75 Å². The minimum atomic E-state index is -0.107. The number of pyridine rings is 1. The van der Waals surface area contributed by atoms with Crippen LogP contribution in [0, 0.1) is 6.92 Å². The Labute approximate surface area is 184 Å². The van der Waals surface area contributed by atoms with Gasteiger partial charge in [0.05, 0.1) is 18.6 Å². The van der Waals surface area contributed by atoms with Gasteiger partial charge in [0.15, 0.2) is 11.0 Å². The molecule has 0 radical (unpaired) electrons. The van der Waals surface area contributed by atoms with Crippen LogP contribution in [0.1, 0.15) is 5.56 Å². The van der Waals surface area contributed by atoms with E-state index in [4.69, 9.17) is 4.74 Å². The molecule has 0 aliphatic heterocycles. The monoisotopic (exact) mass is 431 g/mol. The Hall–Kier alpha value is -3.65. The van der Waals surface area contributed by atoms with E-state index in [0.29, 0.717) is 11.0 Å². The molecule has 0 saturated carbocycles. The highest BCUT2D eigenvalue weighted by Crippen LogP contribution is 2.29. The average Bonchev–Trinajstić information content (AvgIpc) is 3.24. The Bertz CT molecular complexity index is 1190. The van der Waals surface area contributed by atoms with Crippen molar-refractivity contribution in [1.82, 2.24) is 19.7 Å². The molecule has 156 valence electrons. The van der Waals surface area contributed by atoms with E-state index in [-0.39, 0.29) is 11.7 Å². The zero-order valence-electron chi connectivity index (χ0n) is 17.1. The summed E-state index contributed by atoms with van der Waals surface area (Å²) in [6.45, 7) is 1.96. The normalized spacial score (nSPS) is 10.6. The molecule has 0 fully saturated rings. The van der Waals surface area contributed by atoms with Crippen molar-refractivity contribution in [3.05, 3.63) is 78.6 Å². The third kappa shape index (κ3) is 4.75. The molecule has 1 amide bonds. The molecule has 0 aliphatic rings. The quantitative estimate of drug-likeness (QED) is 0.438. The maximum atomic E-state index is 12.5. The number of hydrogen-bond donors (Lipinski definition) is 1. The van der Waals surface area contributed by atoms with E-state index >= 15 is 0 Å². The SMILES string of the molecule is COc1cccc(-n2c(SCC(=O)Nc3ccccc3C)nnc2-c2ccncc2)c1. The van der Waals surface area contributed by atoms with E-state index < -0.39 is 0 Å². The molecule has 0 bridgehead atoms. The Kier molecular flexibility index (Phi) is 6.28. The summed E-state index contributed by atoms with van der Waals surface area (Å²) in [5.41, 5.74) is 3.54. The highest BCUT2D eigenvalue weighted by Gasteiger charge is 2.18. The maximum Gasteiger partial charge on any atom is 0.234 e. The molecule has 4 aromatic rings. The van der Waals surface area contributed by atoms with Crippen molar-refractivity contribution in [1.29, 1.82) is 0 Å². The van der Waals surface area contributed by atoms with Crippen molar-refractivity contribution in [3.63, 3.8) is 0 Å². The first-order chi connectivity index (χ1) is 15.2. The lowest BCUT2D eigenvalue weighted by atomic mass is 10.2. The van der Waals surface area contributed by atoms with Crippen LogP contribution in [0.25, 0.3) is 17.1 Å². The summed E-state index contributed by atoms with van der Waals surface area (Å²) >= 11 is 1.32. The lowest BCUT2D eigenvalue weighted by molar-refractivity contribution is -0.113. The number of amides is 1. The third-order valence-electron chi connectivity index (χ3n) is 4.63. The number of thioether (sulfide) groups is 1. The van der Waals surface area contributed by atoms with Gasteiger partial charge in [-0.2, -0.15) is 0 Å². The lowest BCUT2D eigenvalue weighted by Crippen LogP contribution is -2.15. The first-order valence-electron chi connectivity index (χ1n) is 9.64.